The molecule has 2 rings (SSSR count). The molecule has 0 nitrogen and oxygen atoms in total. The predicted octanol–water partition coefficient (Wildman–Crippen LogP) is 4.52. The molecule has 2 fully saturated rings. The van der Waals surface area contributed by atoms with E-state index in [1.165, 1.54) is 51.4 Å². The Balaban J connectivity index is 1.78. The molecule has 0 aliphatic heterocycles. The largest absolute Gasteiger partial charge is 0.176 e. The van der Waals surface area contributed by atoms with Crippen molar-refractivity contribution >= 4 is 25.3 Å². The van der Waals surface area contributed by atoms with Crippen molar-refractivity contribution in [2.24, 2.45) is 11.8 Å². The van der Waals surface area contributed by atoms with Crippen molar-refractivity contribution in [1.29, 1.82) is 0 Å². The molecule has 0 spiro atoms. The summed E-state index contributed by atoms with van der Waals surface area (Å²) in [5.74, 6) is 1.60. The molecule has 4 unspecified atom stereocenters. The van der Waals surface area contributed by atoms with Crippen molar-refractivity contribution in [1.82, 2.24) is 0 Å². The van der Waals surface area contributed by atoms with Crippen LogP contribution in [0.25, 0.3) is 0 Å². The summed E-state index contributed by atoms with van der Waals surface area (Å²) in [6, 6.07) is 0. The van der Waals surface area contributed by atoms with E-state index in [1.54, 1.807) is 0 Å². The Morgan fingerprint density at radius 2 is 1.12 bits per heavy atom. The molecule has 0 aromatic rings. The van der Waals surface area contributed by atoms with Gasteiger partial charge in [0.2, 0.25) is 0 Å². The van der Waals surface area contributed by atoms with Gasteiger partial charge >= 0.3 is 0 Å². The Bertz CT molecular complexity index is 213. The van der Waals surface area contributed by atoms with Gasteiger partial charge in [0.1, 0.15) is 0 Å². The monoisotopic (exact) mass is 256 g/mol. The molecular formula is C14H24S2. The summed E-state index contributed by atoms with van der Waals surface area (Å²) in [4.78, 5) is 0. The van der Waals surface area contributed by atoms with Gasteiger partial charge in [-0.05, 0) is 50.4 Å². The van der Waals surface area contributed by atoms with Crippen LogP contribution in [0.5, 0.6) is 0 Å². The standard InChI is InChI=1S/C14H24S2/c15-13-5-1-3-11(9-13)7-8-12-4-2-6-14(16)10-12/h7-8,11-16H,1-6,9-10H2/b8-7+. The highest BCUT2D eigenvalue weighted by Gasteiger charge is 2.19. The van der Waals surface area contributed by atoms with E-state index in [2.05, 4.69) is 37.4 Å². The lowest BCUT2D eigenvalue weighted by Crippen LogP contribution is -2.16. The molecule has 4 atom stereocenters. The molecule has 2 aliphatic carbocycles. The van der Waals surface area contributed by atoms with Crippen LogP contribution < -0.4 is 0 Å². The second kappa shape index (κ2) is 6.39. The Labute approximate surface area is 111 Å². The number of rotatable bonds is 2. The maximum absolute atomic E-state index is 4.61. The van der Waals surface area contributed by atoms with Crippen LogP contribution in [0.1, 0.15) is 51.4 Å². The molecule has 0 saturated heterocycles. The third-order valence-corrected chi connectivity index (χ3v) is 4.97. The van der Waals surface area contributed by atoms with Crippen LogP contribution in [0.15, 0.2) is 12.2 Å². The summed E-state index contributed by atoms with van der Waals surface area (Å²) >= 11 is 9.22. The van der Waals surface area contributed by atoms with Gasteiger partial charge in [-0.1, -0.05) is 25.0 Å². The molecule has 0 N–H and O–H groups in total. The van der Waals surface area contributed by atoms with Crippen molar-refractivity contribution < 1.29 is 0 Å². The van der Waals surface area contributed by atoms with E-state index >= 15 is 0 Å². The molecule has 2 saturated carbocycles. The fourth-order valence-corrected chi connectivity index (χ4v) is 3.97. The van der Waals surface area contributed by atoms with Crippen LogP contribution in [-0.4, -0.2) is 10.5 Å². The van der Waals surface area contributed by atoms with Gasteiger partial charge in [-0.2, -0.15) is 25.3 Å². The fourth-order valence-electron chi connectivity index (χ4n) is 3.07. The van der Waals surface area contributed by atoms with Crippen molar-refractivity contribution in [3.8, 4) is 0 Å². The second-order valence-electron chi connectivity index (χ2n) is 5.55. The molecule has 0 radical (unpaired) electrons. The molecule has 2 heteroatoms. The molecule has 0 bridgehead atoms. The lowest BCUT2D eigenvalue weighted by atomic mass is 9.84. The SMILES string of the molecule is SC1CCCC(/C=C/C2CCCC(S)C2)C1. The third-order valence-electron chi connectivity index (χ3n) is 4.03. The summed E-state index contributed by atoms with van der Waals surface area (Å²) in [6.45, 7) is 0. The first-order valence-corrected chi connectivity index (χ1v) is 7.82. The quantitative estimate of drug-likeness (QED) is 0.527. The van der Waals surface area contributed by atoms with E-state index in [1.807, 2.05) is 0 Å². The topological polar surface area (TPSA) is 0 Å². The summed E-state index contributed by atoms with van der Waals surface area (Å²) in [5, 5.41) is 1.29. The smallest absolute Gasteiger partial charge is 0.00224 e. The molecule has 0 aromatic carbocycles. The molecule has 92 valence electrons. The maximum Gasteiger partial charge on any atom is 0.00224 e. The molecule has 0 aromatic heterocycles. The van der Waals surface area contributed by atoms with Crippen LogP contribution >= 0.6 is 25.3 Å². The average Bonchev–Trinajstić information content (AvgIpc) is 2.27. The summed E-state index contributed by atoms with van der Waals surface area (Å²) in [5.41, 5.74) is 0. The van der Waals surface area contributed by atoms with Crippen LogP contribution in [0.2, 0.25) is 0 Å². The Hall–Kier alpha value is 0.440. The second-order valence-corrected chi connectivity index (χ2v) is 7.01. The molecular weight excluding hydrogens is 232 g/mol. The predicted molar refractivity (Wildman–Crippen MR) is 78.6 cm³/mol. The highest BCUT2D eigenvalue weighted by atomic mass is 32.1. The van der Waals surface area contributed by atoms with E-state index in [0.29, 0.717) is 10.5 Å². The van der Waals surface area contributed by atoms with E-state index < -0.39 is 0 Å². The van der Waals surface area contributed by atoms with Gasteiger partial charge in [0, 0.05) is 10.5 Å². The van der Waals surface area contributed by atoms with E-state index in [4.69, 9.17) is 0 Å². The van der Waals surface area contributed by atoms with Crippen LogP contribution in [0, 0.1) is 11.8 Å². The van der Waals surface area contributed by atoms with Crippen molar-refractivity contribution in [3.05, 3.63) is 12.2 Å². The number of hydrogen-bond acceptors (Lipinski definition) is 2. The zero-order valence-corrected chi connectivity index (χ0v) is 11.8. The molecule has 0 amide bonds. The Kier molecular flexibility index (Phi) is 5.15. The Morgan fingerprint density at radius 1 is 0.688 bits per heavy atom. The normalized spacial score (nSPS) is 41.4. The van der Waals surface area contributed by atoms with Crippen LogP contribution in [-0.2, 0) is 0 Å². The van der Waals surface area contributed by atoms with Crippen LogP contribution in [0.4, 0.5) is 0 Å². The highest BCUT2D eigenvalue weighted by molar-refractivity contribution is 7.81. The van der Waals surface area contributed by atoms with E-state index in [0.717, 1.165) is 11.8 Å². The zero-order chi connectivity index (χ0) is 11.4. The van der Waals surface area contributed by atoms with Gasteiger partial charge in [-0.25, -0.2) is 0 Å². The number of thiol groups is 2. The van der Waals surface area contributed by atoms with Gasteiger partial charge in [0.25, 0.3) is 0 Å². The van der Waals surface area contributed by atoms with E-state index in [-0.39, 0.29) is 0 Å². The Morgan fingerprint density at radius 3 is 1.50 bits per heavy atom. The maximum atomic E-state index is 4.61. The minimum Gasteiger partial charge on any atom is -0.176 e. The van der Waals surface area contributed by atoms with Gasteiger partial charge < -0.3 is 0 Å². The first-order chi connectivity index (χ1) is 7.74. The fraction of sp³-hybridized carbons (Fsp3) is 0.857. The summed E-state index contributed by atoms with van der Waals surface area (Å²) < 4.78 is 0. The third kappa shape index (κ3) is 4.03. The van der Waals surface area contributed by atoms with Gasteiger partial charge in [0.15, 0.2) is 0 Å². The minimum atomic E-state index is 0.646. The highest BCUT2D eigenvalue weighted by Crippen LogP contribution is 2.31. The molecule has 16 heavy (non-hydrogen) atoms. The van der Waals surface area contributed by atoms with Gasteiger partial charge in [0.05, 0.1) is 0 Å². The first-order valence-electron chi connectivity index (χ1n) is 6.78. The summed E-state index contributed by atoms with van der Waals surface area (Å²) in [6.07, 6.45) is 15.7. The van der Waals surface area contributed by atoms with Gasteiger partial charge in [-0.3, -0.25) is 0 Å². The molecule has 2 aliphatic rings. The average molecular weight is 256 g/mol. The minimum absolute atomic E-state index is 0.646. The van der Waals surface area contributed by atoms with Crippen molar-refractivity contribution in [2.45, 2.75) is 61.9 Å². The lowest BCUT2D eigenvalue weighted by molar-refractivity contribution is 0.411. The van der Waals surface area contributed by atoms with Crippen LogP contribution in [0.3, 0.4) is 0 Å². The number of hydrogen-bond donors (Lipinski definition) is 2. The van der Waals surface area contributed by atoms with Gasteiger partial charge in [-0.15, -0.1) is 0 Å². The number of allylic oxidation sites excluding steroid dienone is 2. The zero-order valence-electron chi connectivity index (χ0n) is 10.0. The first kappa shape index (κ1) is 12.9. The van der Waals surface area contributed by atoms with Crippen molar-refractivity contribution in [3.63, 3.8) is 0 Å². The summed E-state index contributed by atoms with van der Waals surface area (Å²) in [7, 11) is 0. The lowest BCUT2D eigenvalue weighted by Gasteiger charge is -2.26. The van der Waals surface area contributed by atoms with E-state index in [9.17, 15) is 0 Å². The molecule has 0 heterocycles. The van der Waals surface area contributed by atoms with Crippen molar-refractivity contribution in [2.75, 3.05) is 0 Å².